The Hall–Kier alpha value is -0.800. The van der Waals surface area contributed by atoms with E-state index in [4.69, 9.17) is 9.15 Å². The summed E-state index contributed by atoms with van der Waals surface area (Å²) >= 11 is 0. The van der Waals surface area contributed by atoms with Gasteiger partial charge in [0.2, 0.25) is 0 Å². The van der Waals surface area contributed by atoms with Gasteiger partial charge >= 0.3 is 0 Å². The van der Waals surface area contributed by atoms with Crippen molar-refractivity contribution in [1.29, 1.82) is 0 Å². The lowest BCUT2D eigenvalue weighted by Crippen LogP contribution is -2.08. The maximum atomic E-state index is 9.66. The van der Waals surface area contributed by atoms with Gasteiger partial charge in [-0.25, -0.2) is 0 Å². The van der Waals surface area contributed by atoms with E-state index in [9.17, 15) is 5.11 Å². The standard InChI is InChI=1S/C10H16O3/c1-8(7-12-2)6-9(11)10-4-3-5-13-10/h3-5,8-9,11H,6-7H2,1-2H3. The molecule has 0 aliphatic carbocycles. The van der Waals surface area contributed by atoms with Crippen LogP contribution in [0.15, 0.2) is 22.8 Å². The maximum absolute atomic E-state index is 9.66. The molecule has 0 aliphatic heterocycles. The van der Waals surface area contributed by atoms with Crippen molar-refractivity contribution in [1.82, 2.24) is 0 Å². The molecule has 1 heterocycles. The summed E-state index contributed by atoms with van der Waals surface area (Å²) in [4.78, 5) is 0. The van der Waals surface area contributed by atoms with Crippen molar-refractivity contribution in [3.8, 4) is 0 Å². The summed E-state index contributed by atoms with van der Waals surface area (Å²) in [5, 5.41) is 9.66. The Morgan fingerprint density at radius 2 is 2.38 bits per heavy atom. The lowest BCUT2D eigenvalue weighted by atomic mass is 10.0. The molecular weight excluding hydrogens is 168 g/mol. The Balaban J connectivity index is 2.37. The third kappa shape index (κ3) is 3.20. The maximum Gasteiger partial charge on any atom is 0.132 e. The first-order valence-corrected chi connectivity index (χ1v) is 4.44. The molecule has 3 heteroatoms. The minimum absolute atomic E-state index is 0.338. The molecule has 1 rings (SSSR count). The summed E-state index contributed by atoms with van der Waals surface area (Å²) in [6.45, 7) is 2.70. The van der Waals surface area contributed by atoms with Gasteiger partial charge in [-0.3, -0.25) is 0 Å². The quantitative estimate of drug-likeness (QED) is 0.760. The molecule has 1 N–H and O–H groups in total. The van der Waals surface area contributed by atoms with Crippen molar-refractivity contribution >= 4 is 0 Å². The lowest BCUT2D eigenvalue weighted by molar-refractivity contribution is 0.0885. The van der Waals surface area contributed by atoms with Crippen LogP contribution in [0.1, 0.15) is 25.2 Å². The van der Waals surface area contributed by atoms with E-state index in [0.29, 0.717) is 24.7 Å². The van der Waals surface area contributed by atoms with Crippen molar-refractivity contribution in [2.75, 3.05) is 13.7 Å². The first-order chi connectivity index (χ1) is 6.24. The molecule has 13 heavy (non-hydrogen) atoms. The van der Waals surface area contributed by atoms with Crippen LogP contribution < -0.4 is 0 Å². The zero-order chi connectivity index (χ0) is 9.68. The van der Waals surface area contributed by atoms with Crippen molar-refractivity contribution < 1.29 is 14.3 Å². The van der Waals surface area contributed by atoms with Crippen LogP contribution in [0.3, 0.4) is 0 Å². The first kappa shape index (κ1) is 10.3. The van der Waals surface area contributed by atoms with Crippen LogP contribution >= 0.6 is 0 Å². The van der Waals surface area contributed by atoms with Gasteiger partial charge in [0.25, 0.3) is 0 Å². The normalized spacial score (nSPS) is 15.6. The van der Waals surface area contributed by atoms with Crippen LogP contribution in [0.2, 0.25) is 0 Å². The van der Waals surface area contributed by atoms with E-state index in [0.717, 1.165) is 0 Å². The van der Waals surface area contributed by atoms with Crippen LogP contribution in [0.4, 0.5) is 0 Å². The monoisotopic (exact) mass is 184 g/mol. The molecule has 1 aromatic heterocycles. The fourth-order valence-corrected chi connectivity index (χ4v) is 1.33. The molecule has 0 saturated heterocycles. The molecule has 3 nitrogen and oxygen atoms in total. The highest BCUT2D eigenvalue weighted by molar-refractivity contribution is 5.01. The number of rotatable bonds is 5. The SMILES string of the molecule is COCC(C)CC(O)c1ccco1. The van der Waals surface area contributed by atoms with Crippen LogP contribution in [-0.2, 0) is 4.74 Å². The van der Waals surface area contributed by atoms with Crippen molar-refractivity contribution in [2.24, 2.45) is 5.92 Å². The van der Waals surface area contributed by atoms with Crippen molar-refractivity contribution in [2.45, 2.75) is 19.4 Å². The highest BCUT2D eigenvalue weighted by Gasteiger charge is 2.14. The Morgan fingerprint density at radius 3 is 2.92 bits per heavy atom. The molecule has 1 aromatic rings. The average Bonchev–Trinajstić information content (AvgIpc) is 2.55. The molecule has 0 spiro atoms. The highest BCUT2D eigenvalue weighted by atomic mass is 16.5. The molecule has 0 aliphatic rings. The van der Waals surface area contributed by atoms with E-state index in [1.807, 2.05) is 6.92 Å². The summed E-state index contributed by atoms with van der Waals surface area (Å²) in [6, 6.07) is 3.56. The third-order valence-corrected chi connectivity index (χ3v) is 1.95. The van der Waals surface area contributed by atoms with Crippen LogP contribution in [-0.4, -0.2) is 18.8 Å². The molecule has 0 amide bonds. The van der Waals surface area contributed by atoms with Gasteiger partial charge in [-0.1, -0.05) is 6.92 Å². The average molecular weight is 184 g/mol. The predicted octanol–water partition coefficient (Wildman–Crippen LogP) is 1.99. The number of furan rings is 1. The fraction of sp³-hybridized carbons (Fsp3) is 0.600. The fourth-order valence-electron chi connectivity index (χ4n) is 1.33. The van der Waals surface area contributed by atoms with Crippen molar-refractivity contribution in [3.63, 3.8) is 0 Å². The van der Waals surface area contributed by atoms with Crippen LogP contribution in [0, 0.1) is 5.92 Å². The number of hydrogen-bond acceptors (Lipinski definition) is 3. The second-order valence-corrected chi connectivity index (χ2v) is 3.33. The smallest absolute Gasteiger partial charge is 0.132 e. The van der Waals surface area contributed by atoms with E-state index >= 15 is 0 Å². The summed E-state index contributed by atoms with van der Waals surface area (Å²) in [6.07, 6.45) is 1.72. The second kappa shape index (κ2) is 5.04. The molecule has 0 bridgehead atoms. The molecule has 0 fully saturated rings. The number of aliphatic hydroxyl groups excluding tert-OH is 1. The number of ether oxygens (including phenoxy) is 1. The van der Waals surface area contributed by atoms with Crippen molar-refractivity contribution in [3.05, 3.63) is 24.2 Å². The Kier molecular flexibility index (Phi) is 3.99. The molecule has 0 aromatic carbocycles. The molecule has 0 radical (unpaired) electrons. The lowest BCUT2D eigenvalue weighted by Gasteiger charge is -2.13. The minimum Gasteiger partial charge on any atom is -0.467 e. The summed E-state index contributed by atoms with van der Waals surface area (Å²) in [5.41, 5.74) is 0. The Morgan fingerprint density at radius 1 is 1.62 bits per heavy atom. The van der Waals surface area contributed by atoms with E-state index < -0.39 is 6.10 Å². The van der Waals surface area contributed by atoms with Gasteiger partial charge in [0, 0.05) is 13.7 Å². The highest BCUT2D eigenvalue weighted by Crippen LogP contribution is 2.21. The third-order valence-electron chi connectivity index (χ3n) is 1.95. The van der Waals surface area contributed by atoms with Gasteiger partial charge in [-0.2, -0.15) is 0 Å². The number of methoxy groups -OCH3 is 1. The van der Waals surface area contributed by atoms with Crippen LogP contribution in [0.5, 0.6) is 0 Å². The van der Waals surface area contributed by atoms with Gasteiger partial charge in [0.05, 0.1) is 6.26 Å². The molecule has 0 saturated carbocycles. The van der Waals surface area contributed by atoms with E-state index in [1.165, 1.54) is 0 Å². The molecule has 74 valence electrons. The topological polar surface area (TPSA) is 42.6 Å². The molecule has 2 atom stereocenters. The predicted molar refractivity (Wildman–Crippen MR) is 49.3 cm³/mol. The van der Waals surface area contributed by atoms with Gasteiger partial charge in [-0.05, 0) is 24.5 Å². The summed E-state index contributed by atoms with van der Waals surface area (Å²) < 4.78 is 10.1. The Bertz CT molecular complexity index is 218. The first-order valence-electron chi connectivity index (χ1n) is 4.44. The van der Waals surface area contributed by atoms with E-state index in [-0.39, 0.29) is 0 Å². The van der Waals surface area contributed by atoms with Gasteiger partial charge in [0.1, 0.15) is 11.9 Å². The van der Waals surface area contributed by atoms with Gasteiger partial charge in [-0.15, -0.1) is 0 Å². The zero-order valence-corrected chi connectivity index (χ0v) is 8.06. The molecular formula is C10H16O3. The largest absolute Gasteiger partial charge is 0.467 e. The summed E-state index contributed by atoms with van der Waals surface area (Å²) in [7, 11) is 1.66. The van der Waals surface area contributed by atoms with Gasteiger partial charge < -0.3 is 14.3 Å². The second-order valence-electron chi connectivity index (χ2n) is 3.33. The van der Waals surface area contributed by atoms with E-state index in [1.54, 1.807) is 25.5 Å². The number of aliphatic hydroxyl groups is 1. The zero-order valence-electron chi connectivity index (χ0n) is 8.06. The number of hydrogen-bond donors (Lipinski definition) is 1. The summed E-state index contributed by atoms with van der Waals surface area (Å²) in [5.74, 6) is 0.966. The molecule has 2 unspecified atom stereocenters. The van der Waals surface area contributed by atoms with E-state index in [2.05, 4.69) is 0 Å². The Labute approximate surface area is 78.3 Å². The van der Waals surface area contributed by atoms with Crippen LogP contribution in [0.25, 0.3) is 0 Å². The minimum atomic E-state index is -0.514. The van der Waals surface area contributed by atoms with Gasteiger partial charge in [0.15, 0.2) is 0 Å².